The van der Waals surface area contributed by atoms with Crippen molar-refractivity contribution < 1.29 is 8.78 Å². The lowest BCUT2D eigenvalue weighted by atomic mass is 9.91. The number of nitrogens with two attached hydrogens (primary N) is 1. The summed E-state index contributed by atoms with van der Waals surface area (Å²) in [6.07, 6.45) is 0. The molecule has 96 valence electrons. The summed E-state index contributed by atoms with van der Waals surface area (Å²) in [6.45, 7) is 0.400. The van der Waals surface area contributed by atoms with E-state index in [-0.39, 0.29) is 30.0 Å². The van der Waals surface area contributed by atoms with Crippen molar-refractivity contribution in [2.75, 3.05) is 6.54 Å². The van der Waals surface area contributed by atoms with Crippen molar-refractivity contribution in [1.82, 2.24) is 0 Å². The normalized spacial score (nSPS) is 10.2. The highest BCUT2D eigenvalue weighted by Crippen LogP contribution is 2.23. The van der Waals surface area contributed by atoms with Crippen LogP contribution in [0.5, 0.6) is 0 Å². The van der Waals surface area contributed by atoms with Crippen LogP contribution >= 0.6 is 12.4 Å². The fourth-order valence-electron chi connectivity index (χ4n) is 1.85. The lowest BCUT2D eigenvalue weighted by Gasteiger charge is -2.15. The molecular formula is C14H14ClF2N. The molecule has 18 heavy (non-hydrogen) atoms. The molecule has 2 N–H and O–H groups in total. The first-order chi connectivity index (χ1) is 8.20. The molecule has 0 bridgehead atoms. The van der Waals surface area contributed by atoms with E-state index >= 15 is 0 Å². The van der Waals surface area contributed by atoms with Gasteiger partial charge >= 0.3 is 0 Å². The van der Waals surface area contributed by atoms with Crippen LogP contribution in [0.25, 0.3) is 0 Å². The number of rotatable bonds is 3. The Balaban J connectivity index is 0.00000162. The Morgan fingerprint density at radius 2 is 1.11 bits per heavy atom. The average molecular weight is 270 g/mol. The molecule has 0 aliphatic carbocycles. The van der Waals surface area contributed by atoms with Crippen LogP contribution in [-0.4, -0.2) is 6.54 Å². The van der Waals surface area contributed by atoms with Gasteiger partial charge in [0.25, 0.3) is 0 Å². The van der Waals surface area contributed by atoms with E-state index in [1.54, 1.807) is 24.3 Å². The SMILES string of the molecule is Cl.NCC(c1ccc(F)cc1)c1ccc(F)cc1. The second kappa shape index (κ2) is 6.47. The van der Waals surface area contributed by atoms with Crippen LogP contribution in [-0.2, 0) is 0 Å². The zero-order valence-electron chi connectivity index (χ0n) is 9.64. The van der Waals surface area contributed by atoms with Crippen LogP contribution in [0.3, 0.4) is 0 Å². The van der Waals surface area contributed by atoms with Crippen LogP contribution in [0.2, 0.25) is 0 Å². The molecule has 2 aromatic rings. The van der Waals surface area contributed by atoms with Gasteiger partial charge in [-0.25, -0.2) is 8.78 Å². The maximum absolute atomic E-state index is 12.8. The quantitative estimate of drug-likeness (QED) is 0.907. The van der Waals surface area contributed by atoms with Crippen molar-refractivity contribution in [2.45, 2.75) is 5.92 Å². The standard InChI is InChI=1S/C14H13F2N.ClH/c15-12-5-1-10(2-6-12)14(9-17)11-3-7-13(16)8-4-11;/h1-8,14H,9,17H2;1H. The Kier molecular flexibility index (Phi) is 5.25. The van der Waals surface area contributed by atoms with E-state index in [0.717, 1.165) is 11.1 Å². The summed E-state index contributed by atoms with van der Waals surface area (Å²) in [5.41, 5.74) is 7.59. The molecule has 1 nitrogen and oxygen atoms in total. The van der Waals surface area contributed by atoms with Crippen molar-refractivity contribution in [3.05, 3.63) is 71.3 Å². The van der Waals surface area contributed by atoms with Crippen LogP contribution in [0.4, 0.5) is 8.78 Å². The molecule has 0 saturated heterocycles. The van der Waals surface area contributed by atoms with Crippen LogP contribution in [0, 0.1) is 11.6 Å². The van der Waals surface area contributed by atoms with Crippen molar-refractivity contribution in [3.63, 3.8) is 0 Å². The van der Waals surface area contributed by atoms with Crippen molar-refractivity contribution >= 4 is 12.4 Å². The van der Waals surface area contributed by atoms with E-state index in [4.69, 9.17) is 5.73 Å². The van der Waals surface area contributed by atoms with Crippen molar-refractivity contribution in [3.8, 4) is 0 Å². The second-order valence-corrected chi connectivity index (χ2v) is 3.89. The van der Waals surface area contributed by atoms with E-state index < -0.39 is 0 Å². The van der Waals surface area contributed by atoms with Crippen molar-refractivity contribution in [2.24, 2.45) is 5.73 Å². The fraction of sp³-hybridized carbons (Fsp3) is 0.143. The van der Waals surface area contributed by atoms with Gasteiger partial charge in [-0.3, -0.25) is 0 Å². The molecule has 0 spiro atoms. The molecule has 2 aromatic carbocycles. The van der Waals surface area contributed by atoms with Gasteiger partial charge in [0.2, 0.25) is 0 Å². The Morgan fingerprint density at radius 1 is 0.778 bits per heavy atom. The minimum atomic E-state index is -0.274. The Labute approximate surface area is 111 Å². The molecule has 0 aliphatic heterocycles. The number of hydrogen-bond donors (Lipinski definition) is 1. The summed E-state index contributed by atoms with van der Waals surface area (Å²) in [5.74, 6) is -0.580. The first-order valence-corrected chi connectivity index (χ1v) is 5.41. The molecule has 0 unspecified atom stereocenters. The molecule has 0 heterocycles. The van der Waals surface area contributed by atoms with E-state index in [9.17, 15) is 8.78 Å². The molecule has 0 amide bonds. The van der Waals surface area contributed by atoms with Gasteiger partial charge in [-0.05, 0) is 35.4 Å². The highest BCUT2D eigenvalue weighted by atomic mass is 35.5. The Morgan fingerprint density at radius 3 is 1.39 bits per heavy atom. The topological polar surface area (TPSA) is 26.0 Å². The fourth-order valence-corrected chi connectivity index (χ4v) is 1.85. The van der Waals surface area contributed by atoms with Gasteiger partial charge in [-0.2, -0.15) is 0 Å². The molecule has 0 aliphatic rings. The molecule has 0 saturated carbocycles. The summed E-state index contributed by atoms with van der Waals surface area (Å²) in [6, 6.07) is 12.4. The van der Waals surface area contributed by atoms with Gasteiger partial charge < -0.3 is 5.73 Å². The third-order valence-corrected chi connectivity index (χ3v) is 2.78. The summed E-state index contributed by atoms with van der Waals surface area (Å²) >= 11 is 0. The predicted octanol–water partition coefficient (Wildman–Crippen LogP) is 3.48. The molecular weight excluding hydrogens is 256 g/mol. The summed E-state index contributed by atoms with van der Waals surface area (Å²) in [7, 11) is 0. The predicted molar refractivity (Wildman–Crippen MR) is 70.9 cm³/mol. The van der Waals surface area contributed by atoms with Crippen LogP contribution < -0.4 is 5.73 Å². The van der Waals surface area contributed by atoms with Crippen LogP contribution in [0.1, 0.15) is 17.0 Å². The zero-order chi connectivity index (χ0) is 12.3. The molecule has 0 radical (unpaired) electrons. The smallest absolute Gasteiger partial charge is 0.123 e. The van der Waals surface area contributed by atoms with E-state index in [0.29, 0.717) is 6.54 Å². The number of halogens is 3. The minimum absolute atomic E-state index is 0. The van der Waals surface area contributed by atoms with Gasteiger partial charge in [0.05, 0.1) is 0 Å². The molecule has 0 fully saturated rings. The van der Waals surface area contributed by atoms with Gasteiger partial charge in [-0.1, -0.05) is 24.3 Å². The third-order valence-electron chi connectivity index (χ3n) is 2.78. The molecule has 2 rings (SSSR count). The monoisotopic (exact) mass is 269 g/mol. The summed E-state index contributed by atoms with van der Waals surface area (Å²) < 4.78 is 25.7. The molecule has 0 aromatic heterocycles. The maximum Gasteiger partial charge on any atom is 0.123 e. The van der Waals surface area contributed by atoms with Crippen LogP contribution in [0.15, 0.2) is 48.5 Å². The largest absolute Gasteiger partial charge is 0.330 e. The molecule has 0 atom stereocenters. The number of hydrogen-bond acceptors (Lipinski definition) is 1. The number of benzene rings is 2. The third kappa shape index (κ3) is 3.28. The van der Waals surface area contributed by atoms with Gasteiger partial charge in [0.15, 0.2) is 0 Å². The lowest BCUT2D eigenvalue weighted by Crippen LogP contribution is -2.13. The highest BCUT2D eigenvalue weighted by molar-refractivity contribution is 5.85. The lowest BCUT2D eigenvalue weighted by molar-refractivity contribution is 0.624. The van der Waals surface area contributed by atoms with Crippen molar-refractivity contribution in [1.29, 1.82) is 0 Å². The minimum Gasteiger partial charge on any atom is -0.330 e. The summed E-state index contributed by atoms with van der Waals surface area (Å²) in [4.78, 5) is 0. The van der Waals surface area contributed by atoms with E-state index in [2.05, 4.69) is 0 Å². The Bertz CT molecular complexity index is 437. The van der Waals surface area contributed by atoms with Gasteiger partial charge in [0.1, 0.15) is 11.6 Å². The first kappa shape index (κ1) is 14.6. The Hall–Kier alpha value is -1.45. The highest BCUT2D eigenvalue weighted by Gasteiger charge is 2.12. The second-order valence-electron chi connectivity index (χ2n) is 3.89. The van der Waals surface area contributed by atoms with Gasteiger partial charge in [0, 0.05) is 12.5 Å². The van der Waals surface area contributed by atoms with Gasteiger partial charge in [-0.15, -0.1) is 12.4 Å². The molecule has 4 heteroatoms. The summed E-state index contributed by atoms with van der Waals surface area (Å²) in [5, 5.41) is 0. The van der Waals surface area contributed by atoms with E-state index in [1.165, 1.54) is 24.3 Å². The average Bonchev–Trinajstić information content (AvgIpc) is 2.35. The first-order valence-electron chi connectivity index (χ1n) is 5.41. The maximum atomic E-state index is 12.8. The zero-order valence-corrected chi connectivity index (χ0v) is 10.5. The van der Waals surface area contributed by atoms with E-state index in [1.807, 2.05) is 0 Å².